The topological polar surface area (TPSA) is 96.9 Å². The Bertz CT molecular complexity index is 1090. The van der Waals surface area contributed by atoms with Gasteiger partial charge >= 0.3 is 0 Å². The maximum Gasteiger partial charge on any atom is 0.264 e. The molecule has 1 aliphatic rings. The van der Waals surface area contributed by atoms with Crippen LogP contribution in [0.1, 0.15) is 30.0 Å². The van der Waals surface area contributed by atoms with E-state index in [0.29, 0.717) is 24.1 Å². The Kier molecular flexibility index (Phi) is 6.56. The quantitative estimate of drug-likeness (QED) is 0.710. The molecule has 8 heteroatoms. The van der Waals surface area contributed by atoms with E-state index in [1.165, 1.54) is 0 Å². The number of aliphatic imine (C=N–C) groups is 1. The van der Waals surface area contributed by atoms with Gasteiger partial charge in [0.05, 0.1) is 7.11 Å². The van der Waals surface area contributed by atoms with Gasteiger partial charge in [0.25, 0.3) is 10.0 Å². The van der Waals surface area contributed by atoms with Gasteiger partial charge < -0.3 is 10.1 Å². The summed E-state index contributed by atoms with van der Waals surface area (Å²) < 4.78 is 32.9. The van der Waals surface area contributed by atoms with Crippen LogP contribution in [0.15, 0.2) is 59.1 Å². The number of methoxy groups -OCH3 is 1. The number of aryl methyl sites for hydroxylation is 1. The molecule has 0 radical (unpaired) electrons. The predicted octanol–water partition coefficient (Wildman–Crippen LogP) is 2.77. The SMILES string of the molecule is CCC1=C(c2ccc(C)cc2)S(=O)(=O)NC1=NCC(=O)NCc1ccc(OC)cc1. The van der Waals surface area contributed by atoms with E-state index in [9.17, 15) is 13.2 Å². The summed E-state index contributed by atoms with van der Waals surface area (Å²) in [7, 11) is -2.12. The second kappa shape index (κ2) is 9.13. The fourth-order valence-electron chi connectivity index (χ4n) is 3.15. The first-order chi connectivity index (χ1) is 14.3. The minimum Gasteiger partial charge on any atom is -0.497 e. The molecule has 158 valence electrons. The molecule has 0 aliphatic carbocycles. The lowest BCUT2D eigenvalue weighted by atomic mass is 10.1. The summed E-state index contributed by atoms with van der Waals surface area (Å²) in [6, 6.07) is 14.7. The molecular formula is C22H25N3O4S. The van der Waals surface area contributed by atoms with Crippen LogP contribution in [-0.4, -0.2) is 33.8 Å². The van der Waals surface area contributed by atoms with Gasteiger partial charge in [-0.25, -0.2) is 8.42 Å². The standard InChI is InChI=1S/C22H25N3O4S/c1-4-19-21(17-9-5-15(2)6-10-17)30(27,28)25-22(19)24-14-20(26)23-13-16-7-11-18(29-3)12-8-16/h5-12H,4,13-14H2,1-3H3,(H,23,26)(H,24,25). The number of carbonyl (C=O) groups is 1. The predicted molar refractivity (Wildman–Crippen MR) is 118 cm³/mol. The van der Waals surface area contributed by atoms with Crippen molar-refractivity contribution in [3.05, 3.63) is 70.8 Å². The van der Waals surface area contributed by atoms with Crippen molar-refractivity contribution in [2.24, 2.45) is 4.99 Å². The van der Waals surface area contributed by atoms with E-state index in [4.69, 9.17) is 4.74 Å². The van der Waals surface area contributed by atoms with Crippen LogP contribution in [0.2, 0.25) is 0 Å². The maximum absolute atomic E-state index is 12.7. The average Bonchev–Trinajstić information content (AvgIpc) is 3.01. The highest BCUT2D eigenvalue weighted by Crippen LogP contribution is 2.31. The zero-order valence-electron chi connectivity index (χ0n) is 17.2. The van der Waals surface area contributed by atoms with Crippen molar-refractivity contribution < 1.29 is 17.9 Å². The van der Waals surface area contributed by atoms with E-state index >= 15 is 0 Å². The maximum atomic E-state index is 12.7. The second-order valence-electron chi connectivity index (χ2n) is 6.92. The molecule has 0 unspecified atom stereocenters. The Labute approximate surface area is 176 Å². The van der Waals surface area contributed by atoms with Gasteiger partial charge in [-0.3, -0.25) is 14.5 Å². The van der Waals surface area contributed by atoms with Crippen molar-refractivity contribution in [2.75, 3.05) is 13.7 Å². The number of amidine groups is 1. The number of benzene rings is 2. The summed E-state index contributed by atoms with van der Waals surface area (Å²) >= 11 is 0. The molecule has 30 heavy (non-hydrogen) atoms. The molecule has 0 spiro atoms. The third-order valence-electron chi connectivity index (χ3n) is 4.76. The molecule has 1 amide bonds. The molecule has 0 saturated heterocycles. The van der Waals surface area contributed by atoms with Gasteiger partial charge in [-0.05, 0) is 36.6 Å². The summed E-state index contributed by atoms with van der Waals surface area (Å²) in [6.07, 6.45) is 0.474. The van der Waals surface area contributed by atoms with Gasteiger partial charge in [0.15, 0.2) is 0 Å². The highest BCUT2D eigenvalue weighted by molar-refractivity contribution is 8.00. The van der Waals surface area contributed by atoms with Crippen LogP contribution in [0, 0.1) is 6.92 Å². The third kappa shape index (κ3) is 4.88. The molecule has 0 bridgehead atoms. The molecule has 0 aromatic heterocycles. The molecular weight excluding hydrogens is 402 g/mol. The van der Waals surface area contributed by atoms with Crippen LogP contribution in [0.25, 0.3) is 4.91 Å². The van der Waals surface area contributed by atoms with E-state index in [1.54, 1.807) is 19.2 Å². The molecule has 2 aromatic rings. The number of rotatable bonds is 7. The van der Waals surface area contributed by atoms with Crippen LogP contribution >= 0.6 is 0 Å². The summed E-state index contributed by atoms with van der Waals surface area (Å²) in [5, 5.41) is 2.78. The van der Waals surface area contributed by atoms with E-state index in [2.05, 4.69) is 15.0 Å². The van der Waals surface area contributed by atoms with Crippen molar-refractivity contribution in [1.82, 2.24) is 10.0 Å². The summed E-state index contributed by atoms with van der Waals surface area (Å²) in [4.78, 5) is 16.7. The molecule has 3 rings (SSSR count). The Balaban J connectivity index is 1.72. The normalized spacial score (nSPS) is 16.4. The Morgan fingerprint density at radius 3 is 2.37 bits per heavy atom. The minimum atomic E-state index is -3.72. The zero-order chi connectivity index (χ0) is 21.7. The largest absolute Gasteiger partial charge is 0.497 e. The molecule has 0 saturated carbocycles. The van der Waals surface area contributed by atoms with Crippen LogP contribution in [-0.2, 0) is 21.4 Å². The average molecular weight is 428 g/mol. The van der Waals surface area contributed by atoms with Crippen molar-refractivity contribution in [3.8, 4) is 5.75 Å². The monoisotopic (exact) mass is 427 g/mol. The number of nitrogens with zero attached hydrogens (tertiary/aromatic N) is 1. The molecule has 2 N–H and O–H groups in total. The van der Waals surface area contributed by atoms with Crippen molar-refractivity contribution in [3.63, 3.8) is 0 Å². The molecule has 1 heterocycles. The van der Waals surface area contributed by atoms with E-state index in [1.807, 2.05) is 50.2 Å². The second-order valence-corrected chi connectivity index (χ2v) is 8.54. The summed E-state index contributed by atoms with van der Waals surface area (Å²) in [5.74, 6) is 0.678. The lowest BCUT2D eigenvalue weighted by Gasteiger charge is -2.06. The number of carbonyl (C=O) groups excluding carboxylic acids is 1. The molecule has 0 fully saturated rings. The first kappa shape index (κ1) is 21.6. The van der Waals surface area contributed by atoms with Crippen LogP contribution in [0.4, 0.5) is 0 Å². The van der Waals surface area contributed by atoms with Gasteiger partial charge in [-0.15, -0.1) is 0 Å². The fraction of sp³-hybridized carbons (Fsp3) is 0.273. The number of ether oxygens (including phenoxy) is 1. The van der Waals surface area contributed by atoms with Gasteiger partial charge in [-0.1, -0.05) is 48.9 Å². The van der Waals surface area contributed by atoms with Gasteiger partial charge in [-0.2, -0.15) is 0 Å². The highest BCUT2D eigenvalue weighted by Gasteiger charge is 2.34. The van der Waals surface area contributed by atoms with Crippen molar-refractivity contribution >= 4 is 26.7 Å². The van der Waals surface area contributed by atoms with Crippen LogP contribution < -0.4 is 14.8 Å². The smallest absolute Gasteiger partial charge is 0.264 e. The summed E-state index contributed by atoms with van der Waals surface area (Å²) in [5.41, 5.74) is 3.17. The number of amides is 1. The first-order valence-electron chi connectivity index (χ1n) is 9.61. The Morgan fingerprint density at radius 1 is 1.10 bits per heavy atom. The van der Waals surface area contributed by atoms with E-state index in [-0.39, 0.29) is 23.2 Å². The number of hydrogen-bond donors (Lipinski definition) is 2. The highest BCUT2D eigenvalue weighted by atomic mass is 32.2. The van der Waals surface area contributed by atoms with Gasteiger partial charge in [0.2, 0.25) is 5.91 Å². The van der Waals surface area contributed by atoms with Crippen molar-refractivity contribution in [2.45, 2.75) is 26.8 Å². The molecule has 0 atom stereocenters. The first-order valence-corrected chi connectivity index (χ1v) is 11.1. The van der Waals surface area contributed by atoms with Crippen molar-refractivity contribution in [1.29, 1.82) is 0 Å². The Morgan fingerprint density at radius 2 is 1.77 bits per heavy atom. The third-order valence-corrected chi connectivity index (χ3v) is 6.24. The lowest BCUT2D eigenvalue weighted by Crippen LogP contribution is -2.28. The summed E-state index contributed by atoms with van der Waals surface area (Å²) in [6.45, 7) is 3.99. The Hall–Kier alpha value is -3.13. The van der Waals surface area contributed by atoms with Crippen LogP contribution in [0.3, 0.4) is 0 Å². The molecule has 7 nitrogen and oxygen atoms in total. The number of nitrogens with one attached hydrogen (secondary N) is 2. The van der Waals surface area contributed by atoms with Crippen LogP contribution in [0.5, 0.6) is 5.75 Å². The number of hydrogen-bond acceptors (Lipinski definition) is 5. The van der Waals surface area contributed by atoms with E-state index in [0.717, 1.165) is 16.9 Å². The number of sulfonamides is 1. The van der Waals surface area contributed by atoms with Gasteiger partial charge in [0.1, 0.15) is 23.0 Å². The van der Waals surface area contributed by atoms with E-state index < -0.39 is 10.0 Å². The zero-order valence-corrected chi connectivity index (χ0v) is 18.0. The molecule has 1 aliphatic heterocycles. The minimum absolute atomic E-state index is 0.168. The van der Waals surface area contributed by atoms with Gasteiger partial charge in [0, 0.05) is 12.1 Å². The fourth-order valence-corrected chi connectivity index (χ4v) is 4.71. The lowest BCUT2D eigenvalue weighted by molar-refractivity contribution is -0.119. The molecule has 2 aromatic carbocycles.